The number of nitrogen functional groups attached to an aromatic ring is 1. The third-order valence-corrected chi connectivity index (χ3v) is 4.19. The number of rotatable bonds is 3. The molecule has 28 heavy (non-hydrogen) atoms. The molecular formula is C20H20F3N3O2. The number of ether oxygens (including phenoxy) is 1. The number of pyridine rings is 1. The second-order valence-corrected chi connectivity index (χ2v) is 6.15. The maximum Gasteiger partial charge on any atom is 0.416 e. The molecule has 0 saturated carbocycles. The van der Waals surface area contributed by atoms with Crippen molar-refractivity contribution >= 4 is 12.0 Å². The highest BCUT2D eigenvalue weighted by Crippen LogP contribution is 2.38. The number of aromatic hydroxyl groups is 1. The Kier molecular flexibility index (Phi) is 6.65. The molecule has 2 heterocycles. The SMILES string of the molecule is C#C.Cc1cc(C(F)(F)F)cc(O)c1-c1ccc(C=N[C@@H]2CCOC2)c(N)n1. The predicted molar refractivity (Wildman–Crippen MR) is 102 cm³/mol. The van der Waals surface area contributed by atoms with E-state index in [4.69, 9.17) is 10.5 Å². The van der Waals surface area contributed by atoms with E-state index in [1.807, 2.05) is 0 Å². The zero-order valence-electron chi connectivity index (χ0n) is 15.2. The van der Waals surface area contributed by atoms with Crippen LogP contribution in [0.2, 0.25) is 0 Å². The number of alkyl halides is 3. The van der Waals surface area contributed by atoms with Crippen molar-refractivity contribution in [2.45, 2.75) is 25.6 Å². The van der Waals surface area contributed by atoms with Crippen LogP contribution in [-0.4, -0.2) is 35.6 Å². The number of phenols is 1. The molecule has 5 nitrogen and oxygen atoms in total. The van der Waals surface area contributed by atoms with Gasteiger partial charge in [0.05, 0.1) is 23.9 Å². The number of anilines is 1. The maximum atomic E-state index is 12.8. The highest BCUT2D eigenvalue weighted by Gasteiger charge is 2.32. The molecule has 8 heteroatoms. The Hall–Kier alpha value is -3.05. The summed E-state index contributed by atoms with van der Waals surface area (Å²) in [4.78, 5) is 8.60. The lowest BCUT2D eigenvalue weighted by molar-refractivity contribution is -0.137. The molecule has 1 aliphatic heterocycles. The standard InChI is InChI=1S/C18H18F3N3O2.C2H2/c1-10-6-12(18(19,20)21)7-15(25)16(10)14-3-2-11(17(22)24-14)8-23-13-4-5-26-9-13;1-2/h2-3,6-8,13,25H,4-5,9H2,1H3,(H2,22,24);1-2H/t13-;/m1./s1. The van der Waals surface area contributed by atoms with E-state index < -0.39 is 17.5 Å². The largest absolute Gasteiger partial charge is 0.507 e. The van der Waals surface area contributed by atoms with Crippen LogP contribution in [0, 0.1) is 19.8 Å². The topological polar surface area (TPSA) is 80.7 Å². The number of halogens is 3. The third kappa shape index (κ3) is 4.81. The molecule has 1 aromatic carbocycles. The normalized spacial score (nSPS) is 16.7. The second kappa shape index (κ2) is 8.76. The van der Waals surface area contributed by atoms with Crippen LogP contribution in [0.4, 0.5) is 19.0 Å². The number of hydrogen-bond acceptors (Lipinski definition) is 5. The van der Waals surface area contributed by atoms with Crippen LogP contribution in [0.25, 0.3) is 11.3 Å². The number of aromatic nitrogens is 1. The molecule has 1 aliphatic rings. The first kappa shape index (κ1) is 21.3. The summed E-state index contributed by atoms with van der Waals surface area (Å²) in [7, 11) is 0. The number of terminal acetylenes is 1. The molecule has 1 atom stereocenters. The molecule has 2 aromatic rings. The van der Waals surface area contributed by atoms with Gasteiger partial charge in [-0.25, -0.2) is 4.98 Å². The first-order valence-electron chi connectivity index (χ1n) is 8.37. The molecule has 1 aromatic heterocycles. The lowest BCUT2D eigenvalue weighted by Gasteiger charge is -2.14. The Labute approximate surface area is 161 Å². The van der Waals surface area contributed by atoms with Crippen molar-refractivity contribution in [2.75, 3.05) is 18.9 Å². The number of hydrogen-bond donors (Lipinski definition) is 2. The molecular weight excluding hydrogens is 371 g/mol. The zero-order chi connectivity index (χ0) is 20.9. The first-order chi connectivity index (χ1) is 13.3. The molecule has 148 valence electrons. The average molecular weight is 391 g/mol. The Bertz CT molecular complexity index is 863. The predicted octanol–water partition coefficient (Wildman–Crippen LogP) is 3.82. The van der Waals surface area contributed by atoms with E-state index in [0.29, 0.717) is 30.5 Å². The van der Waals surface area contributed by atoms with Crippen LogP contribution < -0.4 is 5.73 Å². The molecule has 0 amide bonds. The molecule has 1 fully saturated rings. The third-order valence-electron chi connectivity index (χ3n) is 4.19. The van der Waals surface area contributed by atoms with E-state index in [9.17, 15) is 18.3 Å². The molecule has 0 radical (unpaired) electrons. The fraction of sp³-hybridized carbons (Fsp3) is 0.300. The molecule has 0 aliphatic carbocycles. The van der Waals surface area contributed by atoms with Crippen LogP contribution in [0.15, 0.2) is 29.3 Å². The number of phenolic OH excluding ortho intramolecular Hbond substituents is 1. The van der Waals surface area contributed by atoms with Gasteiger partial charge in [0.15, 0.2) is 0 Å². The Morgan fingerprint density at radius 2 is 2.04 bits per heavy atom. The lowest BCUT2D eigenvalue weighted by Crippen LogP contribution is -2.06. The van der Waals surface area contributed by atoms with Gasteiger partial charge in [0, 0.05) is 23.9 Å². The van der Waals surface area contributed by atoms with Crippen LogP contribution in [0.5, 0.6) is 5.75 Å². The van der Waals surface area contributed by atoms with Crippen molar-refractivity contribution < 1.29 is 23.0 Å². The zero-order valence-corrected chi connectivity index (χ0v) is 15.2. The van der Waals surface area contributed by atoms with E-state index in [1.54, 1.807) is 18.3 Å². The number of aliphatic imine (C=N–C) groups is 1. The Morgan fingerprint density at radius 3 is 2.57 bits per heavy atom. The van der Waals surface area contributed by atoms with Crippen LogP contribution >= 0.6 is 0 Å². The smallest absolute Gasteiger partial charge is 0.416 e. The molecule has 3 rings (SSSR count). The number of aryl methyl sites for hydroxylation is 1. The van der Waals surface area contributed by atoms with Gasteiger partial charge in [-0.3, -0.25) is 4.99 Å². The van der Waals surface area contributed by atoms with Gasteiger partial charge < -0.3 is 15.6 Å². The van der Waals surface area contributed by atoms with Crippen molar-refractivity contribution in [1.82, 2.24) is 4.98 Å². The fourth-order valence-electron chi connectivity index (χ4n) is 2.82. The fourth-order valence-corrected chi connectivity index (χ4v) is 2.82. The quantitative estimate of drug-likeness (QED) is 0.616. The van der Waals surface area contributed by atoms with Gasteiger partial charge in [-0.15, -0.1) is 12.8 Å². The molecule has 3 N–H and O–H groups in total. The van der Waals surface area contributed by atoms with E-state index in [-0.39, 0.29) is 23.0 Å². The van der Waals surface area contributed by atoms with Gasteiger partial charge in [-0.05, 0) is 43.2 Å². The van der Waals surface area contributed by atoms with Gasteiger partial charge in [0.25, 0.3) is 0 Å². The van der Waals surface area contributed by atoms with Crippen LogP contribution in [-0.2, 0) is 10.9 Å². The summed E-state index contributed by atoms with van der Waals surface area (Å²) in [6, 6.07) is 5.03. The average Bonchev–Trinajstić information content (AvgIpc) is 3.15. The Morgan fingerprint density at radius 1 is 1.32 bits per heavy atom. The van der Waals surface area contributed by atoms with Gasteiger partial charge in [-0.1, -0.05) is 0 Å². The van der Waals surface area contributed by atoms with Crippen LogP contribution in [0.1, 0.15) is 23.1 Å². The monoisotopic (exact) mass is 391 g/mol. The maximum absolute atomic E-state index is 12.8. The van der Waals surface area contributed by atoms with Crippen LogP contribution in [0.3, 0.4) is 0 Å². The van der Waals surface area contributed by atoms with Gasteiger partial charge in [0.2, 0.25) is 0 Å². The minimum atomic E-state index is -4.53. The van der Waals surface area contributed by atoms with Crippen molar-refractivity contribution in [3.8, 4) is 29.9 Å². The lowest BCUT2D eigenvalue weighted by atomic mass is 10.00. The molecule has 1 saturated heterocycles. The number of nitrogens with zero attached hydrogens (tertiary/aromatic N) is 2. The molecule has 0 spiro atoms. The highest BCUT2D eigenvalue weighted by molar-refractivity contribution is 5.87. The van der Waals surface area contributed by atoms with Crippen molar-refractivity contribution in [3.05, 3.63) is 41.0 Å². The summed E-state index contributed by atoms with van der Waals surface area (Å²) in [6.45, 7) is 2.74. The minimum Gasteiger partial charge on any atom is -0.507 e. The highest BCUT2D eigenvalue weighted by atomic mass is 19.4. The summed E-state index contributed by atoms with van der Waals surface area (Å²) in [5.74, 6) is -0.308. The van der Waals surface area contributed by atoms with Crippen molar-refractivity contribution in [3.63, 3.8) is 0 Å². The summed E-state index contributed by atoms with van der Waals surface area (Å²) in [6.07, 6.45) is 5.93. The summed E-state index contributed by atoms with van der Waals surface area (Å²) >= 11 is 0. The summed E-state index contributed by atoms with van der Waals surface area (Å²) in [5, 5.41) is 10.1. The minimum absolute atomic E-state index is 0.0929. The Balaban J connectivity index is 0.00000136. The van der Waals surface area contributed by atoms with Crippen molar-refractivity contribution in [1.29, 1.82) is 0 Å². The van der Waals surface area contributed by atoms with E-state index in [1.165, 1.54) is 6.92 Å². The summed E-state index contributed by atoms with van der Waals surface area (Å²) in [5.41, 5.74) is 6.42. The van der Waals surface area contributed by atoms with Crippen molar-refractivity contribution in [2.24, 2.45) is 4.99 Å². The van der Waals surface area contributed by atoms with E-state index >= 15 is 0 Å². The van der Waals surface area contributed by atoms with Gasteiger partial charge >= 0.3 is 6.18 Å². The first-order valence-corrected chi connectivity index (χ1v) is 8.37. The summed E-state index contributed by atoms with van der Waals surface area (Å²) < 4.78 is 43.8. The molecule has 0 unspecified atom stereocenters. The molecule has 0 bridgehead atoms. The second-order valence-electron chi connectivity index (χ2n) is 6.15. The number of benzene rings is 1. The van der Waals surface area contributed by atoms with E-state index in [0.717, 1.165) is 12.5 Å². The van der Waals surface area contributed by atoms with E-state index in [2.05, 4.69) is 22.8 Å². The van der Waals surface area contributed by atoms with Gasteiger partial charge in [0.1, 0.15) is 11.6 Å². The van der Waals surface area contributed by atoms with Gasteiger partial charge in [-0.2, -0.15) is 13.2 Å². The number of nitrogens with two attached hydrogens (primary N) is 1.